The minimum absolute atomic E-state index is 0.453. The van der Waals surface area contributed by atoms with Gasteiger partial charge in [-0.25, -0.2) is 0 Å². The summed E-state index contributed by atoms with van der Waals surface area (Å²) >= 11 is 7.86. The number of benzene rings is 1. The Morgan fingerprint density at radius 1 is 1.47 bits per heavy atom. The highest BCUT2D eigenvalue weighted by atomic mass is 35.5. The third kappa shape index (κ3) is 4.03. The zero-order valence-corrected chi connectivity index (χ0v) is 10.8. The highest BCUT2D eigenvalue weighted by molar-refractivity contribution is 8.00. The second-order valence-corrected chi connectivity index (χ2v) is 5.72. The van der Waals surface area contributed by atoms with Crippen molar-refractivity contribution in [2.24, 2.45) is 0 Å². The van der Waals surface area contributed by atoms with Crippen LogP contribution in [0.1, 0.15) is 19.4 Å². The molecule has 1 N–H and O–H groups in total. The largest absolute Gasteiger partial charge is 0.314 e. The number of rotatable bonds is 4. The molecule has 0 saturated heterocycles. The molecule has 0 saturated carbocycles. The second kappa shape index (κ2) is 5.75. The lowest BCUT2D eigenvalue weighted by molar-refractivity contribution is -0.0736. The molecule has 0 fully saturated rings. The van der Waals surface area contributed by atoms with Crippen LogP contribution in [0.5, 0.6) is 0 Å². The van der Waals surface area contributed by atoms with Gasteiger partial charge in [0.2, 0.25) is 0 Å². The maximum absolute atomic E-state index is 9.25. The van der Waals surface area contributed by atoms with E-state index in [-0.39, 0.29) is 0 Å². The molecule has 2 nitrogen and oxygen atoms in total. The van der Waals surface area contributed by atoms with Gasteiger partial charge in [0.15, 0.2) is 0 Å². The number of thioether (sulfide) groups is 1. The summed E-state index contributed by atoms with van der Waals surface area (Å²) in [6.45, 7) is 4.73. The fourth-order valence-electron chi connectivity index (χ4n) is 1.29. The molecule has 0 radical (unpaired) electrons. The standard InChI is InChI=1S/C11H16ClNOS/c1-8(2)15-11-6-4-5-10(12)9(11)7-13(3)14/h4-6,8,14H,7H2,1-3H3. The maximum Gasteiger partial charge on any atom is 0.0511 e. The summed E-state index contributed by atoms with van der Waals surface area (Å²) in [6.07, 6.45) is 0. The van der Waals surface area contributed by atoms with Crippen molar-refractivity contribution in [1.29, 1.82) is 0 Å². The van der Waals surface area contributed by atoms with Gasteiger partial charge < -0.3 is 5.21 Å². The Balaban J connectivity index is 2.97. The van der Waals surface area contributed by atoms with Crippen LogP contribution in [0.15, 0.2) is 23.1 Å². The SMILES string of the molecule is CC(C)Sc1cccc(Cl)c1CN(C)O. The normalized spacial score (nSPS) is 11.4. The Morgan fingerprint density at radius 2 is 2.13 bits per heavy atom. The lowest BCUT2D eigenvalue weighted by Gasteiger charge is -2.15. The van der Waals surface area contributed by atoms with Gasteiger partial charge in [-0.3, -0.25) is 0 Å². The van der Waals surface area contributed by atoms with Crippen molar-refractivity contribution in [1.82, 2.24) is 5.06 Å². The van der Waals surface area contributed by atoms with Crippen LogP contribution in [0.25, 0.3) is 0 Å². The number of hydroxylamine groups is 2. The van der Waals surface area contributed by atoms with Crippen molar-refractivity contribution in [2.75, 3.05) is 7.05 Å². The van der Waals surface area contributed by atoms with E-state index in [0.29, 0.717) is 16.8 Å². The van der Waals surface area contributed by atoms with Crippen molar-refractivity contribution in [3.05, 3.63) is 28.8 Å². The highest BCUT2D eigenvalue weighted by Crippen LogP contribution is 2.31. The van der Waals surface area contributed by atoms with Crippen LogP contribution in [-0.2, 0) is 6.54 Å². The minimum atomic E-state index is 0.453. The molecule has 1 rings (SSSR count). The van der Waals surface area contributed by atoms with Crippen molar-refractivity contribution >= 4 is 23.4 Å². The Bertz CT molecular complexity index is 328. The first kappa shape index (κ1) is 12.8. The predicted octanol–water partition coefficient (Wildman–Crippen LogP) is 3.66. The third-order valence-corrected chi connectivity index (χ3v) is 3.29. The molecule has 4 heteroatoms. The maximum atomic E-state index is 9.25. The molecule has 15 heavy (non-hydrogen) atoms. The van der Waals surface area contributed by atoms with Crippen molar-refractivity contribution in [3.63, 3.8) is 0 Å². The van der Waals surface area contributed by atoms with Gasteiger partial charge in [-0.05, 0) is 12.1 Å². The lowest BCUT2D eigenvalue weighted by atomic mass is 10.2. The molecule has 0 amide bonds. The van der Waals surface area contributed by atoms with E-state index in [1.165, 1.54) is 0 Å². The molecular formula is C11H16ClNOS. The van der Waals surface area contributed by atoms with Gasteiger partial charge in [0, 0.05) is 27.8 Å². The van der Waals surface area contributed by atoms with Crippen LogP contribution in [0.2, 0.25) is 5.02 Å². The first-order valence-corrected chi connectivity index (χ1v) is 6.10. The first-order chi connectivity index (χ1) is 7.00. The van der Waals surface area contributed by atoms with Crippen LogP contribution in [-0.4, -0.2) is 22.6 Å². The number of hydrogen-bond acceptors (Lipinski definition) is 3. The minimum Gasteiger partial charge on any atom is -0.314 e. The Morgan fingerprint density at radius 3 is 2.67 bits per heavy atom. The number of halogens is 1. The molecule has 0 heterocycles. The molecule has 84 valence electrons. The monoisotopic (exact) mass is 245 g/mol. The third-order valence-electron chi connectivity index (χ3n) is 1.83. The zero-order valence-electron chi connectivity index (χ0n) is 9.20. The van der Waals surface area contributed by atoms with Gasteiger partial charge in [0.05, 0.1) is 6.54 Å². The van der Waals surface area contributed by atoms with E-state index in [4.69, 9.17) is 11.6 Å². The average Bonchev–Trinajstić information content (AvgIpc) is 2.09. The summed E-state index contributed by atoms with van der Waals surface area (Å²) in [7, 11) is 1.62. The van der Waals surface area contributed by atoms with E-state index >= 15 is 0 Å². The summed E-state index contributed by atoms with van der Waals surface area (Å²) in [5.41, 5.74) is 0.989. The van der Waals surface area contributed by atoms with Crippen LogP contribution in [0.3, 0.4) is 0 Å². The second-order valence-electron chi connectivity index (χ2n) is 3.70. The Hall–Kier alpha value is -0.220. The van der Waals surface area contributed by atoms with E-state index < -0.39 is 0 Å². The van der Waals surface area contributed by atoms with Gasteiger partial charge in [0.25, 0.3) is 0 Å². The van der Waals surface area contributed by atoms with Gasteiger partial charge >= 0.3 is 0 Å². The van der Waals surface area contributed by atoms with Crippen LogP contribution in [0, 0.1) is 0 Å². The zero-order chi connectivity index (χ0) is 11.4. The topological polar surface area (TPSA) is 23.5 Å². The van der Waals surface area contributed by atoms with Crippen molar-refractivity contribution < 1.29 is 5.21 Å². The molecule has 0 aliphatic heterocycles. The van der Waals surface area contributed by atoms with Gasteiger partial charge in [-0.15, -0.1) is 11.8 Å². The van der Waals surface area contributed by atoms with Crippen LogP contribution >= 0.6 is 23.4 Å². The molecule has 1 aromatic carbocycles. The molecule has 0 aliphatic rings. The smallest absolute Gasteiger partial charge is 0.0511 e. The lowest BCUT2D eigenvalue weighted by Crippen LogP contribution is -2.13. The van der Waals surface area contributed by atoms with E-state index in [0.717, 1.165) is 15.5 Å². The van der Waals surface area contributed by atoms with Gasteiger partial charge in [-0.2, -0.15) is 5.06 Å². The summed E-state index contributed by atoms with van der Waals surface area (Å²) in [4.78, 5) is 1.14. The van der Waals surface area contributed by atoms with Gasteiger partial charge in [0.1, 0.15) is 0 Å². The predicted molar refractivity (Wildman–Crippen MR) is 65.7 cm³/mol. The van der Waals surface area contributed by atoms with Gasteiger partial charge in [-0.1, -0.05) is 31.5 Å². The quantitative estimate of drug-likeness (QED) is 0.647. The van der Waals surface area contributed by atoms with Crippen LogP contribution < -0.4 is 0 Å². The fourth-order valence-corrected chi connectivity index (χ4v) is 2.56. The summed E-state index contributed by atoms with van der Waals surface area (Å²) < 4.78 is 0. The summed E-state index contributed by atoms with van der Waals surface area (Å²) in [6, 6.07) is 5.83. The molecular weight excluding hydrogens is 230 g/mol. The molecule has 0 aliphatic carbocycles. The molecule has 0 atom stereocenters. The molecule has 1 aromatic rings. The van der Waals surface area contributed by atoms with Crippen LogP contribution in [0.4, 0.5) is 0 Å². The average molecular weight is 246 g/mol. The first-order valence-electron chi connectivity index (χ1n) is 4.84. The molecule has 0 spiro atoms. The fraction of sp³-hybridized carbons (Fsp3) is 0.455. The Kier molecular flexibility index (Phi) is 4.93. The summed E-state index contributed by atoms with van der Waals surface area (Å²) in [5, 5.41) is 11.6. The van der Waals surface area contributed by atoms with E-state index in [1.807, 2.05) is 18.2 Å². The van der Waals surface area contributed by atoms with Crippen molar-refractivity contribution in [2.45, 2.75) is 30.5 Å². The number of hydrogen-bond donors (Lipinski definition) is 1. The van der Waals surface area contributed by atoms with E-state index in [2.05, 4.69) is 13.8 Å². The van der Waals surface area contributed by atoms with E-state index in [9.17, 15) is 5.21 Å². The summed E-state index contributed by atoms with van der Waals surface area (Å²) in [5.74, 6) is 0. The molecule has 0 bridgehead atoms. The highest BCUT2D eigenvalue weighted by Gasteiger charge is 2.10. The molecule has 0 aromatic heterocycles. The number of nitrogens with zero attached hydrogens (tertiary/aromatic N) is 1. The van der Waals surface area contributed by atoms with E-state index in [1.54, 1.807) is 18.8 Å². The van der Waals surface area contributed by atoms with Crippen molar-refractivity contribution in [3.8, 4) is 0 Å². The molecule has 0 unspecified atom stereocenters. The Labute approximate surface area is 100 Å².